The van der Waals surface area contributed by atoms with Crippen molar-refractivity contribution < 1.29 is 9.90 Å². The molecule has 13 heavy (non-hydrogen) atoms. The van der Waals surface area contributed by atoms with Gasteiger partial charge < -0.3 is 10.4 Å². The first-order valence-electron chi connectivity index (χ1n) is 5.06. The Kier molecular flexibility index (Phi) is 6.59. The van der Waals surface area contributed by atoms with Crippen LogP contribution in [-0.4, -0.2) is 23.7 Å². The number of nitrogens with one attached hydrogen (secondary N) is 1. The predicted molar refractivity (Wildman–Crippen MR) is 53.4 cm³/mol. The maximum absolute atomic E-state index is 11.4. The molecule has 2 atom stereocenters. The summed E-state index contributed by atoms with van der Waals surface area (Å²) in [5.41, 5.74) is 0. The van der Waals surface area contributed by atoms with Gasteiger partial charge in [-0.15, -0.1) is 0 Å². The zero-order valence-electron chi connectivity index (χ0n) is 8.84. The minimum atomic E-state index is 0.0766. The highest BCUT2D eigenvalue weighted by atomic mass is 16.3. The van der Waals surface area contributed by atoms with Gasteiger partial charge in [-0.3, -0.25) is 4.79 Å². The summed E-state index contributed by atoms with van der Waals surface area (Å²) in [5.74, 6) is 0.176. The number of carbonyl (C=O) groups excluding carboxylic acids is 1. The van der Waals surface area contributed by atoms with Crippen LogP contribution in [-0.2, 0) is 4.79 Å². The summed E-state index contributed by atoms with van der Waals surface area (Å²) in [6.45, 7) is 6.06. The van der Waals surface area contributed by atoms with Crippen molar-refractivity contribution in [2.24, 2.45) is 5.92 Å². The summed E-state index contributed by atoms with van der Waals surface area (Å²) < 4.78 is 0. The highest BCUT2D eigenvalue weighted by molar-refractivity contribution is 5.78. The van der Waals surface area contributed by atoms with Crippen molar-refractivity contribution >= 4 is 5.91 Å². The predicted octanol–water partition coefficient (Wildman–Crippen LogP) is 1.31. The molecule has 0 saturated carbocycles. The molecule has 3 heteroatoms. The lowest BCUT2D eigenvalue weighted by Crippen LogP contribution is -2.38. The van der Waals surface area contributed by atoms with Crippen LogP contribution in [0.15, 0.2) is 0 Å². The second-order valence-electron chi connectivity index (χ2n) is 3.44. The lowest BCUT2D eigenvalue weighted by molar-refractivity contribution is -0.125. The molecule has 0 aliphatic carbocycles. The van der Waals surface area contributed by atoms with Gasteiger partial charge in [0.25, 0.3) is 0 Å². The Bertz CT molecular complexity index is 148. The summed E-state index contributed by atoms with van der Waals surface area (Å²) in [6.07, 6.45) is 2.39. The Labute approximate surface area is 80.5 Å². The molecule has 0 rings (SSSR count). The lowest BCUT2D eigenvalue weighted by Gasteiger charge is -2.18. The number of carbonyl (C=O) groups is 1. The van der Waals surface area contributed by atoms with E-state index in [2.05, 4.69) is 5.32 Å². The molecule has 0 heterocycles. The average Bonchev–Trinajstić information content (AvgIpc) is 2.15. The van der Waals surface area contributed by atoms with Crippen molar-refractivity contribution in [1.82, 2.24) is 5.32 Å². The second-order valence-corrected chi connectivity index (χ2v) is 3.44. The molecule has 0 aromatic carbocycles. The molecule has 0 aliphatic rings. The quantitative estimate of drug-likeness (QED) is 0.658. The van der Waals surface area contributed by atoms with E-state index in [-0.39, 0.29) is 24.5 Å². The van der Waals surface area contributed by atoms with Crippen molar-refractivity contribution in [1.29, 1.82) is 0 Å². The maximum atomic E-state index is 11.4. The first-order chi connectivity index (χ1) is 6.15. The smallest absolute Gasteiger partial charge is 0.223 e. The SMILES string of the molecule is CCC(CCO)NC(=O)C(C)CC. The number of amides is 1. The summed E-state index contributed by atoms with van der Waals surface area (Å²) in [5, 5.41) is 11.6. The van der Waals surface area contributed by atoms with E-state index >= 15 is 0 Å². The topological polar surface area (TPSA) is 49.3 Å². The van der Waals surface area contributed by atoms with E-state index in [1.807, 2.05) is 20.8 Å². The van der Waals surface area contributed by atoms with Crippen LogP contribution in [0, 0.1) is 5.92 Å². The normalized spacial score (nSPS) is 15.1. The van der Waals surface area contributed by atoms with Gasteiger partial charge in [-0.05, 0) is 19.3 Å². The zero-order valence-corrected chi connectivity index (χ0v) is 8.84. The standard InChI is InChI=1S/C10H21NO2/c1-4-8(3)10(13)11-9(5-2)6-7-12/h8-9,12H,4-7H2,1-3H3,(H,11,13). The molecule has 0 aliphatic heterocycles. The van der Waals surface area contributed by atoms with Crippen molar-refractivity contribution in [3.05, 3.63) is 0 Å². The van der Waals surface area contributed by atoms with Gasteiger partial charge >= 0.3 is 0 Å². The van der Waals surface area contributed by atoms with E-state index in [0.29, 0.717) is 6.42 Å². The number of aliphatic hydroxyl groups excluding tert-OH is 1. The Morgan fingerprint density at radius 3 is 2.38 bits per heavy atom. The van der Waals surface area contributed by atoms with Crippen LogP contribution >= 0.6 is 0 Å². The van der Waals surface area contributed by atoms with Gasteiger partial charge in [-0.2, -0.15) is 0 Å². The van der Waals surface area contributed by atoms with Gasteiger partial charge in [0.05, 0.1) is 0 Å². The monoisotopic (exact) mass is 187 g/mol. The number of hydrogen-bond acceptors (Lipinski definition) is 2. The molecule has 0 aromatic heterocycles. The summed E-state index contributed by atoms with van der Waals surface area (Å²) in [6, 6.07) is 0.131. The van der Waals surface area contributed by atoms with Crippen molar-refractivity contribution in [3.8, 4) is 0 Å². The molecule has 0 spiro atoms. The van der Waals surface area contributed by atoms with E-state index in [9.17, 15) is 4.79 Å². The highest BCUT2D eigenvalue weighted by Crippen LogP contribution is 2.03. The van der Waals surface area contributed by atoms with E-state index < -0.39 is 0 Å². The van der Waals surface area contributed by atoms with Crippen molar-refractivity contribution in [3.63, 3.8) is 0 Å². The Morgan fingerprint density at radius 1 is 1.38 bits per heavy atom. The number of hydrogen-bond donors (Lipinski definition) is 2. The van der Waals surface area contributed by atoms with Gasteiger partial charge in [-0.1, -0.05) is 20.8 Å². The van der Waals surface area contributed by atoms with Crippen LogP contribution in [0.4, 0.5) is 0 Å². The third kappa shape index (κ3) is 4.88. The van der Waals surface area contributed by atoms with Crippen LogP contribution in [0.25, 0.3) is 0 Å². The van der Waals surface area contributed by atoms with Crippen LogP contribution in [0.5, 0.6) is 0 Å². The molecule has 0 fully saturated rings. The van der Waals surface area contributed by atoms with E-state index in [4.69, 9.17) is 5.11 Å². The maximum Gasteiger partial charge on any atom is 0.223 e. The third-order valence-corrected chi connectivity index (χ3v) is 2.38. The first kappa shape index (κ1) is 12.4. The van der Waals surface area contributed by atoms with Gasteiger partial charge in [0.2, 0.25) is 5.91 Å². The zero-order chi connectivity index (χ0) is 10.3. The van der Waals surface area contributed by atoms with E-state index in [1.54, 1.807) is 0 Å². The molecular weight excluding hydrogens is 166 g/mol. The minimum Gasteiger partial charge on any atom is -0.396 e. The molecule has 2 N–H and O–H groups in total. The summed E-state index contributed by atoms with van der Waals surface area (Å²) >= 11 is 0. The fourth-order valence-corrected chi connectivity index (χ4v) is 1.06. The molecule has 0 aromatic rings. The minimum absolute atomic E-state index is 0.0766. The average molecular weight is 187 g/mol. The molecular formula is C10H21NO2. The van der Waals surface area contributed by atoms with Crippen LogP contribution < -0.4 is 5.32 Å². The van der Waals surface area contributed by atoms with E-state index in [1.165, 1.54) is 0 Å². The number of rotatable bonds is 6. The largest absolute Gasteiger partial charge is 0.396 e. The van der Waals surface area contributed by atoms with Gasteiger partial charge in [-0.25, -0.2) is 0 Å². The summed E-state index contributed by atoms with van der Waals surface area (Å²) in [7, 11) is 0. The van der Waals surface area contributed by atoms with Gasteiger partial charge in [0, 0.05) is 18.6 Å². The first-order valence-corrected chi connectivity index (χ1v) is 5.06. The molecule has 2 unspecified atom stereocenters. The Balaban J connectivity index is 3.85. The van der Waals surface area contributed by atoms with Crippen LogP contribution in [0.2, 0.25) is 0 Å². The molecule has 0 bridgehead atoms. The third-order valence-electron chi connectivity index (χ3n) is 2.38. The fourth-order valence-electron chi connectivity index (χ4n) is 1.06. The van der Waals surface area contributed by atoms with Crippen LogP contribution in [0.1, 0.15) is 40.0 Å². The highest BCUT2D eigenvalue weighted by Gasteiger charge is 2.14. The Morgan fingerprint density at radius 2 is 2.00 bits per heavy atom. The van der Waals surface area contributed by atoms with Crippen molar-refractivity contribution in [2.45, 2.75) is 46.1 Å². The number of aliphatic hydroxyl groups is 1. The lowest BCUT2D eigenvalue weighted by atomic mass is 10.1. The van der Waals surface area contributed by atoms with Gasteiger partial charge in [0.15, 0.2) is 0 Å². The molecule has 3 nitrogen and oxygen atoms in total. The second kappa shape index (κ2) is 6.89. The summed E-state index contributed by atoms with van der Waals surface area (Å²) in [4.78, 5) is 11.4. The molecule has 0 radical (unpaired) electrons. The van der Waals surface area contributed by atoms with Crippen molar-refractivity contribution in [2.75, 3.05) is 6.61 Å². The Hall–Kier alpha value is -0.570. The molecule has 78 valence electrons. The van der Waals surface area contributed by atoms with Crippen LogP contribution in [0.3, 0.4) is 0 Å². The molecule has 0 saturated heterocycles. The van der Waals surface area contributed by atoms with E-state index in [0.717, 1.165) is 12.8 Å². The molecule has 1 amide bonds. The van der Waals surface area contributed by atoms with Gasteiger partial charge in [0.1, 0.15) is 0 Å². The fraction of sp³-hybridized carbons (Fsp3) is 0.900.